The van der Waals surface area contributed by atoms with E-state index in [2.05, 4.69) is 41.5 Å². The molecule has 2 aromatic heterocycles. The SMILES string of the molecule is Cc1ccc(Sc2ccc(C3C(c4ccccn4)NC(=S)N3C)o2)cc1. The molecule has 1 aliphatic heterocycles. The van der Waals surface area contributed by atoms with Gasteiger partial charge in [-0.15, -0.1) is 0 Å². The number of thiocarbonyl (C=S) groups is 1. The molecule has 1 N–H and O–H groups in total. The standard InChI is InChI=1S/C20H19N3OS2/c1-13-6-8-14(9-7-13)26-17-11-10-16(24-17)19-18(22-20(25)23(19)2)15-5-3-4-12-21-15/h3-12,18-19H,1-2H3,(H,22,25). The third-order valence-corrected chi connectivity index (χ3v) is 5.81. The molecule has 3 heterocycles. The number of furan rings is 1. The van der Waals surface area contributed by atoms with Gasteiger partial charge in [-0.05, 0) is 55.5 Å². The summed E-state index contributed by atoms with van der Waals surface area (Å²) in [4.78, 5) is 7.69. The maximum Gasteiger partial charge on any atom is 0.170 e. The minimum Gasteiger partial charge on any atom is -0.452 e. The van der Waals surface area contributed by atoms with E-state index >= 15 is 0 Å². The number of aryl methyl sites for hydroxylation is 1. The molecule has 0 bridgehead atoms. The second-order valence-electron chi connectivity index (χ2n) is 6.31. The minimum atomic E-state index is -0.0305. The van der Waals surface area contributed by atoms with Crippen LogP contribution in [0.1, 0.15) is 29.1 Å². The zero-order valence-electron chi connectivity index (χ0n) is 14.5. The molecule has 4 rings (SSSR count). The van der Waals surface area contributed by atoms with Gasteiger partial charge in [0.2, 0.25) is 0 Å². The largest absolute Gasteiger partial charge is 0.452 e. The van der Waals surface area contributed by atoms with Crippen molar-refractivity contribution in [3.8, 4) is 0 Å². The Balaban J connectivity index is 1.60. The van der Waals surface area contributed by atoms with Crippen LogP contribution in [-0.2, 0) is 0 Å². The number of nitrogens with zero attached hydrogens (tertiary/aromatic N) is 2. The summed E-state index contributed by atoms with van der Waals surface area (Å²) in [5, 5.41) is 4.94. The van der Waals surface area contributed by atoms with Crippen molar-refractivity contribution >= 4 is 29.1 Å². The topological polar surface area (TPSA) is 41.3 Å². The first-order chi connectivity index (χ1) is 12.6. The molecule has 0 aliphatic carbocycles. The molecule has 0 saturated carbocycles. The van der Waals surface area contributed by atoms with Crippen LogP contribution in [0.15, 0.2) is 75.2 Å². The van der Waals surface area contributed by atoms with Gasteiger partial charge in [-0.3, -0.25) is 4.98 Å². The van der Waals surface area contributed by atoms with Gasteiger partial charge in [-0.2, -0.15) is 0 Å². The molecule has 0 amide bonds. The number of benzene rings is 1. The van der Waals surface area contributed by atoms with Crippen molar-refractivity contribution in [2.45, 2.75) is 29.0 Å². The smallest absolute Gasteiger partial charge is 0.170 e. The molecular formula is C20H19N3OS2. The molecule has 1 aliphatic rings. The zero-order chi connectivity index (χ0) is 18.1. The number of nitrogens with one attached hydrogen (secondary N) is 1. The maximum absolute atomic E-state index is 6.17. The Kier molecular flexibility index (Phi) is 4.70. The highest BCUT2D eigenvalue weighted by molar-refractivity contribution is 7.99. The lowest BCUT2D eigenvalue weighted by atomic mass is 10.0. The van der Waals surface area contributed by atoms with Crippen molar-refractivity contribution in [3.63, 3.8) is 0 Å². The highest BCUT2D eigenvalue weighted by Crippen LogP contribution is 2.40. The predicted molar refractivity (Wildman–Crippen MR) is 107 cm³/mol. The van der Waals surface area contributed by atoms with Crippen molar-refractivity contribution in [1.29, 1.82) is 0 Å². The van der Waals surface area contributed by atoms with E-state index in [1.165, 1.54) is 5.56 Å². The first-order valence-electron chi connectivity index (χ1n) is 8.40. The second kappa shape index (κ2) is 7.13. The summed E-state index contributed by atoms with van der Waals surface area (Å²) in [5.74, 6) is 0.880. The van der Waals surface area contributed by atoms with Crippen LogP contribution in [0.3, 0.4) is 0 Å². The van der Waals surface area contributed by atoms with E-state index < -0.39 is 0 Å². The molecule has 1 saturated heterocycles. The Labute approximate surface area is 162 Å². The Hall–Kier alpha value is -2.31. The van der Waals surface area contributed by atoms with Crippen LogP contribution in [0, 0.1) is 6.92 Å². The number of aromatic nitrogens is 1. The lowest BCUT2D eigenvalue weighted by molar-refractivity contribution is 0.289. The molecule has 3 aromatic rings. The van der Waals surface area contributed by atoms with Crippen LogP contribution in [-0.4, -0.2) is 22.0 Å². The molecule has 2 atom stereocenters. The second-order valence-corrected chi connectivity index (χ2v) is 7.77. The molecule has 4 nitrogen and oxygen atoms in total. The number of likely N-dealkylation sites (N-methyl/N-ethyl adjacent to an activating group) is 1. The van der Waals surface area contributed by atoms with E-state index in [4.69, 9.17) is 16.6 Å². The van der Waals surface area contributed by atoms with Gasteiger partial charge in [0.25, 0.3) is 0 Å². The van der Waals surface area contributed by atoms with Gasteiger partial charge in [0, 0.05) is 18.1 Å². The normalized spacial score (nSPS) is 19.6. The van der Waals surface area contributed by atoms with E-state index in [1.54, 1.807) is 18.0 Å². The fourth-order valence-electron chi connectivity index (χ4n) is 3.09. The van der Waals surface area contributed by atoms with E-state index in [0.717, 1.165) is 21.4 Å². The summed E-state index contributed by atoms with van der Waals surface area (Å²) in [6.07, 6.45) is 1.80. The van der Waals surface area contributed by atoms with Crippen molar-refractivity contribution in [2.24, 2.45) is 0 Å². The van der Waals surface area contributed by atoms with Crippen LogP contribution in [0.4, 0.5) is 0 Å². The highest BCUT2D eigenvalue weighted by atomic mass is 32.2. The molecule has 2 unspecified atom stereocenters. The van der Waals surface area contributed by atoms with Gasteiger partial charge >= 0.3 is 0 Å². The molecular weight excluding hydrogens is 362 g/mol. The lowest BCUT2D eigenvalue weighted by Gasteiger charge is -2.21. The predicted octanol–water partition coefficient (Wildman–Crippen LogP) is 4.74. The Morgan fingerprint density at radius 1 is 1.12 bits per heavy atom. The lowest BCUT2D eigenvalue weighted by Crippen LogP contribution is -2.24. The Morgan fingerprint density at radius 3 is 2.65 bits per heavy atom. The number of hydrogen-bond acceptors (Lipinski definition) is 4. The third-order valence-electron chi connectivity index (χ3n) is 4.47. The molecule has 6 heteroatoms. The molecule has 0 radical (unpaired) electrons. The van der Waals surface area contributed by atoms with Gasteiger partial charge in [0.15, 0.2) is 10.2 Å². The van der Waals surface area contributed by atoms with Crippen LogP contribution in [0.25, 0.3) is 0 Å². The van der Waals surface area contributed by atoms with E-state index in [1.807, 2.05) is 42.3 Å². The molecule has 132 valence electrons. The monoisotopic (exact) mass is 381 g/mol. The molecule has 1 aromatic carbocycles. The van der Waals surface area contributed by atoms with Crippen molar-refractivity contribution in [2.75, 3.05) is 7.05 Å². The van der Waals surface area contributed by atoms with Crippen molar-refractivity contribution in [3.05, 3.63) is 77.8 Å². The summed E-state index contributed by atoms with van der Waals surface area (Å²) in [7, 11) is 1.98. The van der Waals surface area contributed by atoms with Crippen LogP contribution in [0.2, 0.25) is 0 Å². The maximum atomic E-state index is 6.17. The van der Waals surface area contributed by atoms with Gasteiger partial charge in [-0.25, -0.2) is 0 Å². The summed E-state index contributed by atoms with van der Waals surface area (Å²) >= 11 is 7.08. The highest BCUT2D eigenvalue weighted by Gasteiger charge is 2.39. The van der Waals surface area contributed by atoms with Crippen molar-refractivity contribution in [1.82, 2.24) is 15.2 Å². The first-order valence-corrected chi connectivity index (χ1v) is 9.63. The number of rotatable bonds is 4. The average Bonchev–Trinajstić information content (AvgIpc) is 3.22. The molecule has 0 spiro atoms. The summed E-state index contributed by atoms with van der Waals surface area (Å²) in [6.45, 7) is 2.09. The fourth-order valence-corrected chi connectivity index (χ4v) is 4.10. The van der Waals surface area contributed by atoms with Crippen LogP contribution < -0.4 is 5.32 Å². The fraction of sp³-hybridized carbons (Fsp3) is 0.200. The van der Waals surface area contributed by atoms with Crippen molar-refractivity contribution < 1.29 is 4.42 Å². The van der Waals surface area contributed by atoms with Crippen LogP contribution in [0.5, 0.6) is 0 Å². The number of pyridine rings is 1. The van der Waals surface area contributed by atoms with Gasteiger partial charge in [0.1, 0.15) is 11.8 Å². The molecule has 1 fully saturated rings. The summed E-state index contributed by atoms with van der Waals surface area (Å²) in [5.41, 5.74) is 2.20. The van der Waals surface area contributed by atoms with Crippen LogP contribution >= 0.6 is 24.0 Å². The number of hydrogen-bond donors (Lipinski definition) is 1. The molecule has 26 heavy (non-hydrogen) atoms. The summed E-state index contributed by atoms with van der Waals surface area (Å²) in [6, 6.07) is 18.3. The van der Waals surface area contributed by atoms with E-state index in [0.29, 0.717) is 5.11 Å². The van der Waals surface area contributed by atoms with E-state index in [9.17, 15) is 0 Å². The Morgan fingerprint density at radius 2 is 1.92 bits per heavy atom. The Bertz CT molecular complexity index is 908. The third kappa shape index (κ3) is 3.34. The summed E-state index contributed by atoms with van der Waals surface area (Å²) < 4.78 is 6.17. The zero-order valence-corrected chi connectivity index (χ0v) is 16.2. The van der Waals surface area contributed by atoms with E-state index in [-0.39, 0.29) is 12.1 Å². The van der Waals surface area contributed by atoms with Gasteiger partial charge in [-0.1, -0.05) is 35.5 Å². The van der Waals surface area contributed by atoms with Gasteiger partial charge in [0.05, 0.1) is 11.7 Å². The first kappa shape index (κ1) is 17.1. The minimum absolute atomic E-state index is 0.0234. The average molecular weight is 382 g/mol. The van der Waals surface area contributed by atoms with Gasteiger partial charge < -0.3 is 14.6 Å². The quantitative estimate of drug-likeness (QED) is 0.659.